The van der Waals surface area contributed by atoms with Crippen LogP contribution in [0.3, 0.4) is 0 Å². The largest absolute Gasteiger partial charge is 0.507 e. The van der Waals surface area contributed by atoms with Gasteiger partial charge in [0.15, 0.2) is 11.5 Å². The van der Waals surface area contributed by atoms with E-state index in [0.717, 1.165) is 24.4 Å². The van der Waals surface area contributed by atoms with E-state index >= 15 is 0 Å². The first kappa shape index (κ1) is 26.8. The highest BCUT2D eigenvalue weighted by atomic mass is 16.5. The summed E-state index contributed by atoms with van der Waals surface area (Å²) in [7, 11) is 4.51. The molecule has 0 bridgehead atoms. The highest BCUT2D eigenvalue weighted by Crippen LogP contribution is 2.46. The van der Waals surface area contributed by atoms with Gasteiger partial charge in [-0.15, -0.1) is 0 Å². The number of benzene rings is 2. The number of carbonyl (C=O) groups is 2. The Morgan fingerprint density at radius 3 is 2.33 bits per heavy atom. The number of nitrogens with zero attached hydrogens (tertiary/aromatic N) is 2. The van der Waals surface area contributed by atoms with Gasteiger partial charge in [-0.25, -0.2) is 0 Å². The SMILES string of the molecule is COc1cc(C2/C(=C(/O)c3ccc4c(c3)CC(C)O4)C(=O)C(=O)N2CCN2CCOCC2)cc(OC)c1OC. The Morgan fingerprint density at radius 2 is 1.69 bits per heavy atom. The summed E-state index contributed by atoms with van der Waals surface area (Å²) in [6, 6.07) is 7.89. The Morgan fingerprint density at radius 1 is 1.00 bits per heavy atom. The third-order valence-electron chi connectivity index (χ3n) is 7.47. The van der Waals surface area contributed by atoms with Crippen molar-refractivity contribution < 1.29 is 38.4 Å². The average Bonchev–Trinajstić information content (AvgIpc) is 3.46. The zero-order chi connectivity index (χ0) is 27.7. The van der Waals surface area contributed by atoms with Crippen LogP contribution in [0.25, 0.3) is 5.76 Å². The van der Waals surface area contributed by atoms with E-state index in [-0.39, 0.29) is 24.0 Å². The molecule has 0 saturated carbocycles. The fourth-order valence-corrected chi connectivity index (χ4v) is 5.52. The molecule has 39 heavy (non-hydrogen) atoms. The average molecular weight is 539 g/mol. The summed E-state index contributed by atoms with van der Waals surface area (Å²) >= 11 is 0. The molecule has 5 rings (SSSR count). The molecular weight excluding hydrogens is 504 g/mol. The van der Waals surface area contributed by atoms with Crippen molar-refractivity contribution >= 4 is 17.4 Å². The van der Waals surface area contributed by atoms with Crippen molar-refractivity contribution in [2.45, 2.75) is 25.5 Å². The minimum Gasteiger partial charge on any atom is -0.507 e. The molecule has 2 aromatic carbocycles. The topological polar surface area (TPSA) is 107 Å². The third-order valence-corrected chi connectivity index (χ3v) is 7.47. The minimum absolute atomic E-state index is 0.0168. The standard InChI is InChI=1S/C29H34N2O8/c1-17-13-19-14-18(5-6-21(19)39-17)26(32)24-25(20-15-22(35-2)28(37-4)23(16-20)36-3)31(29(34)27(24)33)8-7-30-9-11-38-12-10-30/h5-6,14-17,25,32H,7-13H2,1-4H3/b26-24-. The maximum atomic E-state index is 13.5. The monoisotopic (exact) mass is 538 g/mol. The van der Waals surface area contributed by atoms with Gasteiger partial charge in [-0.2, -0.15) is 0 Å². The summed E-state index contributed by atoms with van der Waals surface area (Å²) in [5.41, 5.74) is 1.97. The quantitative estimate of drug-likeness (QED) is 0.308. The van der Waals surface area contributed by atoms with Gasteiger partial charge in [0, 0.05) is 38.2 Å². The molecule has 10 nitrogen and oxygen atoms in total. The van der Waals surface area contributed by atoms with E-state index in [1.54, 1.807) is 24.3 Å². The van der Waals surface area contributed by atoms with Crippen molar-refractivity contribution in [3.05, 3.63) is 52.6 Å². The Kier molecular flexibility index (Phi) is 7.67. The zero-order valence-corrected chi connectivity index (χ0v) is 22.7. The van der Waals surface area contributed by atoms with Gasteiger partial charge in [0.1, 0.15) is 17.6 Å². The lowest BCUT2D eigenvalue weighted by Gasteiger charge is -2.31. The molecule has 10 heteroatoms. The van der Waals surface area contributed by atoms with Crippen LogP contribution in [-0.4, -0.2) is 93.4 Å². The van der Waals surface area contributed by atoms with Crippen molar-refractivity contribution in [1.29, 1.82) is 0 Å². The molecule has 1 amide bonds. The summed E-state index contributed by atoms with van der Waals surface area (Å²) < 4.78 is 27.8. The molecule has 3 heterocycles. The molecule has 2 saturated heterocycles. The first-order chi connectivity index (χ1) is 18.9. The molecule has 0 aliphatic carbocycles. The van der Waals surface area contributed by atoms with Gasteiger partial charge < -0.3 is 33.7 Å². The number of ether oxygens (including phenoxy) is 5. The first-order valence-corrected chi connectivity index (χ1v) is 13.0. The molecule has 3 aliphatic rings. The smallest absolute Gasteiger partial charge is 0.295 e. The lowest BCUT2D eigenvalue weighted by atomic mass is 9.94. The first-order valence-electron chi connectivity index (χ1n) is 13.0. The van der Waals surface area contributed by atoms with Crippen LogP contribution >= 0.6 is 0 Å². The second-order valence-corrected chi connectivity index (χ2v) is 9.86. The van der Waals surface area contributed by atoms with Crippen LogP contribution in [0.1, 0.15) is 29.7 Å². The third kappa shape index (κ3) is 5.02. The van der Waals surface area contributed by atoms with Crippen LogP contribution in [0.4, 0.5) is 0 Å². The van der Waals surface area contributed by atoms with Crippen molar-refractivity contribution in [2.24, 2.45) is 0 Å². The number of ketones is 1. The molecule has 1 N–H and O–H groups in total. The fourth-order valence-electron chi connectivity index (χ4n) is 5.52. The van der Waals surface area contributed by atoms with Gasteiger partial charge in [0.25, 0.3) is 11.7 Å². The molecule has 208 valence electrons. The van der Waals surface area contributed by atoms with Crippen LogP contribution in [0.5, 0.6) is 23.0 Å². The number of aliphatic hydroxyl groups excluding tert-OH is 1. The number of morpholine rings is 1. The van der Waals surface area contributed by atoms with E-state index in [1.165, 1.54) is 26.2 Å². The van der Waals surface area contributed by atoms with Crippen LogP contribution in [0.2, 0.25) is 0 Å². The van der Waals surface area contributed by atoms with Crippen molar-refractivity contribution in [3.8, 4) is 23.0 Å². The molecule has 2 atom stereocenters. The maximum absolute atomic E-state index is 13.5. The lowest BCUT2D eigenvalue weighted by molar-refractivity contribution is -0.140. The molecule has 3 aliphatic heterocycles. The van der Waals surface area contributed by atoms with Gasteiger partial charge in [0.2, 0.25) is 5.75 Å². The lowest BCUT2D eigenvalue weighted by Crippen LogP contribution is -2.42. The number of rotatable bonds is 8. The highest BCUT2D eigenvalue weighted by Gasteiger charge is 2.46. The van der Waals surface area contributed by atoms with E-state index in [4.69, 9.17) is 23.7 Å². The Hall–Kier alpha value is -3.76. The van der Waals surface area contributed by atoms with Crippen molar-refractivity contribution in [2.75, 3.05) is 60.7 Å². The highest BCUT2D eigenvalue weighted by molar-refractivity contribution is 6.46. The number of aliphatic hydroxyl groups is 1. The van der Waals surface area contributed by atoms with Gasteiger partial charge in [0.05, 0.1) is 46.2 Å². The molecule has 0 spiro atoms. The van der Waals surface area contributed by atoms with Gasteiger partial charge in [-0.3, -0.25) is 14.5 Å². The van der Waals surface area contributed by atoms with Crippen LogP contribution in [0, 0.1) is 0 Å². The van der Waals surface area contributed by atoms with E-state index < -0.39 is 17.7 Å². The predicted octanol–water partition coefficient (Wildman–Crippen LogP) is 2.79. The summed E-state index contributed by atoms with van der Waals surface area (Å²) in [6.45, 7) is 5.56. The van der Waals surface area contributed by atoms with E-state index in [0.29, 0.717) is 54.6 Å². The van der Waals surface area contributed by atoms with E-state index in [9.17, 15) is 14.7 Å². The second kappa shape index (κ2) is 11.2. The molecule has 2 aromatic rings. The number of hydrogen-bond donors (Lipinski definition) is 1. The predicted molar refractivity (Wildman–Crippen MR) is 143 cm³/mol. The Balaban J connectivity index is 1.61. The number of hydrogen-bond acceptors (Lipinski definition) is 9. The molecule has 0 aromatic heterocycles. The van der Waals surface area contributed by atoms with Crippen LogP contribution < -0.4 is 18.9 Å². The van der Waals surface area contributed by atoms with Gasteiger partial charge in [-0.1, -0.05) is 0 Å². The summed E-state index contributed by atoms with van der Waals surface area (Å²) in [5, 5.41) is 11.6. The summed E-state index contributed by atoms with van der Waals surface area (Å²) in [5.74, 6) is 0.278. The summed E-state index contributed by atoms with van der Waals surface area (Å²) in [4.78, 5) is 30.7. The Bertz CT molecular complexity index is 1280. The zero-order valence-electron chi connectivity index (χ0n) is 22.7. The molecule has 2 fully saturated rings. The molecular formula is C29H34N2O8. The van der Waals surface area contributed by atoms with Gasteiger partial charge in [-0.05, 0) is 48.4 Å². The van der Waals surface area contributed by atoms with E-state index in [2.05, 4.69) is 4.90 Å². The number of carbonyl (C=O) groups excluding carboxylic acids is 2. The molecule has 0 radical (unpaired) electrons. The molecule has 2 unspecified atom stereocenters. The Labute approximate surface area is 227 Å². The van der Waals surface area contributed by atoms with Crippen LogP contribution in [-0.2, 0) is 20.7 Å². The number of Topliss-reactive ketones (excluding diaryl/α,β-unsaturated/α-hetero) is 1. The van der Waals surface area contributed by atoms with Crippen LogP contribution in [0.15, 0.2) is 35.9 Å². The number of amides is 1. The van der Waals surface area contributed by atoms with Gasteiger partial charge >= 0.3 is 0 Å². The maximum Gasteiger partial charge on any atom is 0.295 e. The number of likely N-dealkylation sites (tertiary alicyclic amines) is 1. The normalized spacial score (nSPS) is 22.5. The number of methoxy groups -OCH3 is 3. The minimum atomic E-state index is -0.858. The van der Waals surface area contributed by atoms with Crippen molar-refractivity contribution in [1.82, 2.24) is 9.80 Å². The summed E-state index contributed by atoms with van der Waals surface area (Å²) in [6.07, 6.45) is 0.725. The van der Waals surface area contributed by atoms with E-state index in [1.807, 2.05) is 13.0 Å². The van der Waals surface area contributed by atoms with Crippen molar-refractivity contribution in [3.63, 3.8) is 0 Å². The fraction of sp³-hybridized carbons (Fsp3) is 0.448. The number of fused-ring (bicyclic) bond motifs is 1. The second-order valence-electron chi connectivity index (χ2n) is 9.86.